The van der Waals surface area contributed by atoms with Crippen molar-refractivity contribution in [2.45, 2.75) is 6.18 Å². The molecule has 0 fully saturated rings. The van der Waals surface area contributed by atoms with Crippen molar-refractivity contribution in [3.63, 3.8) is 0 Å². The van der Waals surface area contributed by atoms with Gasteiger partial charge in [-0.1, -0.05) is 12.1 Å². The first kappa shape index (κ1) is 22.7. The van der Waals surface area contributed by atoms with E-state index in [-0.39, 0.29) is 17.1 Å². The highest BCUT2D eigenvalue weighted by Crippen LogP contribution is 2.32. The number of halogens is 3. The molecule has 0 bridgehead atoms. The van der Waals surface area contributed by atoms with Gasteiger partial charge in [0.2, 0.25) is 0 Å². The minimum absolute atomic E-state index is 0.0484. The van der Waals surface area contributed by atoms with Crippen LogP contribution in [-0.2, 0) is 25.2 Å². The second kappa shape index (κ2) is 9.77. The first-order valence-corrected chi connectivity index (χ1v) is 8.52. The summed E-state index contributed by atoms with van der Waals surface area (Å²) in [6.07, 6.45) is -4.53. The van der Waals surface area contributed by atoms with Crippen LogP contribution in [0.1, 0.15) is 15.9 Å². The van der Waals surface area contributed by atoms with E-state index in [9.17, 15) is 27.6 Å². The summed E-state index contributed by atoms with van der Waals surface area (Å²) < 4.78 is 53.0. The molecule has 7 nitrogen and oxygen atoms in total. The van der Waals surface area contributed by atoms with Crippen LogP contribution in [0.3, 0.4) is 0 Å². The Morgan fingerprint density at radius 3 is 1.93 bits per heavy atom. The van der Waals surface area contributed by atoms with Gasteiger partial charge in [-0.3, -0.25) is 14.4 Å². The van der Waals surface area contributed by atoms with E-state index in [2.05, 4.69) is 9.47 Å². The van der Waals surface area contributed by atoms with E-state index < -0.39 is 42.7 Å². The molecule has 0 aromatic heterocycles. The van der Waals surface area contributed by atoms with Crippen LogP contribution in [0, 0.1) is 0 Å². The average molecular weight is 425 g/mol. The second-order valence-electron chi connectivity index (χ2n) is 5.97. The lowest BCUT2D eigenvalue weighted by molar-refractivity contribution is -0.144. The van der Waals surface area contributed by atoms with Gasteiger partial charge >= 0.3 is 18.1 Å². The van der Waals surface area contributed by atoms with E-state index >= 15 is 0 Å². The molecule has 160 valence electrons. The number of esters is 2. The number of hydrogen-bond acceptors (Lipinski definition) is 6. The van der Waals surface area contributed by atoms with Gasteiger partial charge in [0.25, 0.3) is 5.91 Å². The molecule has 0 heterocycles. The number of rotatable bonds is 7. The number of methoxy groups -OCH3 is 2. The molecular formula is C20H18F3NO6. The zero-order chi connectivity index (χ0) is 22.3. The van der Waals surface area contributed by atoms with E-state index in [4.69, 9.17) is 4.74 Å². The number of benzene rings is 2. The van der Waals surface area contributed by atoms with Crippen molar-refractivity contribution < 1.29 is 41.8 Å². The minimum Gasteiger partial charge on any atom is -0.468 e. The fraction of sp³-hybridized carbons (Fsp3) is 0.250. The number of hydrogen-bond donors (Lipinski definition) is 0. The lowest BCUT2D eigenvalue weighted by Gasteiger charge is -2.20. The fourth-order valence-corrected chi connectivity index (χ4v) is 2.39. The van der Waals surface area contributed by atoms with E-state index in [0.29, 0.717) is 0 Å². The molecule has 0 radical (unpaired) electrons. The molecule has 10 heteroatoms. The molecule has 0 aliphatic rings. The molecule has 0 saturated heterocycles. The summed E-state index contributed by atoms with van der Waals surface area (Å²) in [5.41, 5.74) is -0.832. The van der Waals surface area contributed by atoms with Crippen molar-refractivity contribution in [1.29, 1.82) is 0 Å². The van der Waals surface area contributed by atoms with E-state index in [0.717, 1.165) is 31.3 Å². The Kier molecular flexibility index (Phi) is 7.40. The molecule has 0 saturated carbocycles. The number of carbonyl (C=O) groups is 3. The monoisotopic (exact) mass is 425 g/mol. The number of carbonyl (C=O) groups excluding carboxylic acids is 3. The van der Waals surface area contributed by atoms with Gasteiger partial charge in [-0.05, 0) is 36.4 Å². The number of alkyl halides is 3. The van der Waals surface area contributed by atoms with Crippen molar-refractivity contribution >= 4 is 17.8 Å². The normalized spacial score (nSPS) is 10.8. The Morgan fingerprint density at radius 1 is 0.867 bits per heavy atom. The predicted octanol–water partition coefficient (Wildman–Crippen LogP) is 3.29. The lowest BCUT2D eigenvalue weighted by atomic mass is 10.1. The topological polar surface area (TPSA) is 82.1 Å². The molecule has 0 unspecified atom stereocenters. The fourth-order valence-electron chi connectivity index (χ4n) is 2.39. The standard InChI is InChI=1S/C20H18F3NO6/c1-28-17(25)11-24(12-18(26)29-2)19(27)13-5-3-7-15(9-13)30-16-8-4-6-14(10-16)20(21,22)23/h3-10H,11-12H2,1-2H3. The van der Waals surface area contributed by atoms with Crippen LogP contribution >= 0.6 is 0 Å². The number of nitrogens with zero attached hydrogens (tertiary/aromatic N) is 1. The van der Waals surface area contributed by atoms with Crippen LogP contribution in [0.25, 0.3) is 0 Å². The van der Waals surface area contributed by atoms with Gasteiger partial charge in [0.05, 0.1) is 19.8 Å². The van der Waals surface area contributed by atoms with Crippen LogP contribution in [0.15, 0.2) is 48.5 Å². The highest BCUT2D eigenvalue weighted by atomic mass is 19.4. The van der Waals surface area contributed by atoms with Crippen LogP contribution in [0.2, 0.25) is 0 Å². The second-order valence-corrected chi connectivity index (χ2v) is 5.97. The Morgan fingerprint density at radius 2 is 1.40 bits per heavy atom. The molecule has 2 aromatic rings. The molecule has 1 amide bonds. The molecule has 30 heavy (non-hydrogen) atoms. The lowest BCUT2D eigenvalue weighted by Crippen LogP contribution is -2.40. The summed E-state index contributed by atoms with van der Waals surface area (Å²) >= 11 is 0. The number of amides is 1. The maximum absolute atomic E-state index is 12.9. The SMILES string of the molecule is COC(=O)CN(CC(=O)OC)C(=O)c1cccc(Oc2cccc(C(F)(F)F)c2)c1. The van der Waals surface area contributed by atoms with Crippen molar-refractivity contribution in [2.75, 3.05) is 27.3 Å². The van der Waals surface area contributed by atoms with Crippen molar-refractivity contribution in [1.82, 2.24) is 4.90 Å². The third-order valence-electron chi connectivity index (χ3n) is 3.86. The highest BCUT2D eigenvalue weighted by molar-refractivity contribution is 5.98. The van der Waals surface area contributed by atoms with Gasteiger partial charge in [-0.2, -0.15) is 13.2 Å². The first-order valence-electron chi connectivity index (χ1n) is 8.52. The Labute approximate surface area is 169 Å². The third-order valence-corrected chi connectivity index (χ3v) is 3.86. The molecule has 0 aliphatic carbocycles. The van der Waals surface area contributed by atoms with Crippen molar-refractivity contribution in [3.05, 3.63) is 59.7 Å². The quantitative estimate of drug-likeness (QED) is 0.634. The maximum Gasteiger partial charge on any atom is 0.416 e. The Balaban J connectivity index is 2.24. The molecule has 0 atom stereocenters. The summed E-state index contributed by atoms with van der Waals surface area (Å²) in [5, 5.41) is 0. The molecule has 2 aromatic carbocycles. The average Bonchev–Trinajstić information content (AvgIpc) is 2.72. The molecular weight excluding hydrogens is 407 g/mol. The zero-order valence-corrected chi connectivity index (χ0v) is 16.1. The van der Waals surface area contributed by atoms with Gasteiger partial charge in [-0.25, -0.2) is 0 Å². The summed E-state index contributed by atoms with van der Waals surface area (Å²) in [5.74, 6) is -2.17. The van der Waals surface area contributed by atoms with Crippen LogP contribution in [-0.4, -0.2) is 50.1 Å². The summed E-state index contributed by atoms with van der Waals surface area (Å²) in [6, 6.07) is 9.85. The predicted molar refractivity (Wildman–Crippen MR) is 97.9 cm³/mol. The number of ether oxygens (including phenoxy) is 3. The minimum atomic E-state index is -4.53. The smallest absolute Gasteiger partial charge is 0.416 e. The van der Waals surface area contributed by atoms with Gasteiger partial charge in [0.1, 0.15) is 24.6 Å². The Hall–Kier alpha value is -3.56. The van der Waals surface area contributed by atoms with Crippen LogP contribution in [0.5, 0.6) is 11.5 Å². The van der Waals surface area contributed by atoms with E-state index in [1.165, 1.54) is 36.4 Å². The van der Waals surface area contributed by atoms with Gasteiger partial charge in [-0.15, -0.1) is 0 Å². The molecule has 0 spiro atoms. The largest absolute Gasteiger partial charge is 0.468 e. The van der Waals surface area contributed by atoms with E-state index in [1.807, 2.05) is 0 Å². The van der Waals surface area contributed by atoms with Crippen molar-refractivity contribution in [2.24, 2.45) is 0 Å². The first-order chi connectivity index (χ1) is 14.1. The van der Waals surface area contributed by atoms with Gasteiger partial charge in [0, 0.05) is 5.56 Å². The summed E-state index contributed by atoms with van der Waals surface area (Å²) in [4.78, 5) is 36.8. The van der Waals surface area contributed by atoms with Gasteiger partial charge in [0.15, 0.2) is 0 Å². The Bertz CT molecular complexity index is 911. The molecule has 2 rings (SSSR count). The van der Waals surface area contributed by atoms with Crippen molar-refractivity contribution in [3.8, 4) is 11.5 Å². The van der Waals surface area contributed by atoms with Crippen LogP contribution < -0.4 is 4.74 Å². The third kappa shape index (κ3) is 6.23. The molecule has 0 aliphatic heterocycles. The molecule has 0 N–H and O–H groups in total. The van der Waals surface area contributed by atoms with E-state index in [1.54, 1.807) is 0 Å². The van der Waals surface area contributed by atoms with Crippen LogP contribution in [0.4, 0.5) is 13.2 Å². The van der Waals surface area contributed by atoms with Gasteiger partial charge < -0.3 is 19.1 Å². The zero-order valence-electron chi connectivity index (χ0n) is 16.1. The highest BCUT2D eigenvalue weighted by Gasteiger charge is 2.30. The summed E-state index contributed by atoms with van der Waals surface area (Å²) in [6.45, 7) is -0.994. The maximum atomic E-state index is 12.9. The summed E-state index contributed by atoms with van der Waals surface area (Å²) in [7, 11) is 2.26.